The molecule has 138 valence electrons. The first kappa shape index (κ1) is 18.5. The Hall–Kier alpha value is -1.34. The van der Waals surface area contributed by atoms with E-state index in [0.29, 0.717) is 35.6 Å². The minimum absolute atomic E-state index is 0.0746. The molecule has 25 heavy (non-hydrogen) atoms. The quantitative estimate of drug-likeness (QED) is 0.866. The normalized spacial score (nSPS) is 23.4. The fourth-order valence-electron chi connectivity index (χ4n) is 3.44. The van der Waals surface area contributed by atoms with E-state index in [-0.39, 0.29) is 18.2 Å². The first-order valence-electron chi connectivity index (χ1n) is 8.70. The van der Waals surface area contributed by atoms with E-state index in [1.54, 1.807) is 25.3 Å². The van der Waals surface area contributed by atoms with Crippen molar-refractivity contribution < 1.29 is 19.0 Å². The number of methoxy groups -OCH3 is 1. The lowest BCUT2D eigenvalue weighted by Gasteiger charge is -2.37. The number of carbonyl (C=O) groups is 1. The zero-order chi connectivity index (χ0) is 17.8. The number of nitrogens with one attached hydrogen (secondary N) is 1. The van der Waals surface area contributed by atoms with Crippen LogP contribution in [0.25, 0.3) is 0 Å². The van der Waals surface area contributed by atoms with Crippen molar-refractivity contribution in [3.05, 3.63) is 23.2 Å². The van der Waals surface area contributed by atoms with Gasteiger partial charge in [-0.15, -0.1) is 0 Å². The van der Waals surface area contributed by atoms with Gasteiger partial charge in [0.05, 0.1) is 32.1 Å². The van der Waals surface area contributed by atoms with Gasteiger partial charge in [0, 0.05) is 17.5 Å². The predicted octanol–water partition coefficient (Wildman–Crippen LogP) is 2.76. The molecule has 3 rings (SSSR count). The largest absolute Gasteiger partial charge is 0.495 e. The van der Waals surface area contributed by atoms with Crippen LogP contribution in [-0.4, -0.2) is 56.6 Å². The van der Waals surface area contributed by atoms with Crippen LogP contribution in [0.3, 0.4) is 0 Å². The molecule has 1 aromatic rings. The van der Waals surface area contributed by atoms with Crippen LogP contribution in [0.5, 0.6) is 5.75 Å². The van der Waals surface area contributed by atoms with Crippen molar-refractivity contribution in [1.82, 2.24) is 4.90 Å². The molecule has 1 N–H and O–H groups in total. The number of hydrogen-bond acceptors (Lipinski definition) is 5. The molecular weight excluding hydrogens is 344 g/mol. The SMILES string of the molecule is COc1ccc(Cl)cc1NC(=O)[C@@H](C)N1CCC[C@H](C2OCCO2)C1. The second kappa shape index (κ2) is 8.36. The van der Waals surface area contributed by atoms with E-state index in [1.165, 1.54) is 0 Å². The lowest BCUT2D eigenvalue weighted by atomic mass is 9.96. The second-order valence-electron chi connectivity index (χ2n) is 6.52. The molecule has 0 aliphatic carbocycles. The fourth-order valence-corrected chi connectivity index (χ4v) is 3.62. The van der Waals surface area contributed by atoms with Gasteiger partial charge in [0.25, 0.3) is 0 Å². The summed E-state index contributed by atoms with van der Waals surface area (Å²) in [5.41, 5.74) is 0.586. The predicted molar refractivity (Wildman–Crippen MR) is 96.1 cm³/mol. The number of hydrogen-bond donors (Lipinski definition) is 1. The second-order valence-corrected chi connectivity index (χ2v) is 6.95. The monoisotopic (exact) mass is 368 g/mol. The minimum atomic E-state index is -0.257. The summed E-state index contributed by atoms with van der Waals surface area (Å²) < 4.78 is 16.6. The molecule has 6 nitrogen and oxygen atoms in total. The summed E-state index contributed by atoms with van der Waals surface area (Å²) in [7, 11) is 1.57. The Labute approximate surface area is 153 Å². The van der Waals surface area contributed by atoms with E-state index in [1.807, 2.05) is 6.92 Å². The van der Waals surface area contributed by atoms with Crippen molar-refractivity contribution in [2.24, 2.45) is 5.92 Å². The number of benzene rings is 1. The highest BCUT2D eigenvalue weighted by molar-refractivity contribution is 6.31. The molecule has 0 saturated carbocycles. The molecule has 0 aromatic heterocycles. The number of likely N-dealkylation sites (tertiary alicyclic amines) is 1. The highest BCUT2D eigenvalue weighted by Gasteiger charge is 2.34. The van der Waals surface area contributed by atoms with Crippen molar-refractivity contribution in [3.8, 4) is 5.75 Å². The standard InChI is InChI=1S/C18H25ClN2O4/c1-12(17(22)20-15-10-14(19)5-6-16(15)23-2)21-7-3-4-13(11-21)18-24-8-9-25-18/h5-6,10,12-13,18H,3-4,7-9,11H2,1-2H3,(H,20,22)/t12-,13+/m1/s1. The van der Waals surface area contributed by atoms with Gasteiger partial charge in [-0.2, -0.15) is 0 Å². The van der Waals surface area contributed by atoms with E-state index in [0.717, 1.165) is 25.9 Å². The van der Waals surface area contributed by atoms with E-state index >= 15 is 0 Å². The number of piperidine rings is 1. The van der Waals surface area contributed by atoms with Gasteiger partial charge in [0.1, 0.15) is 5.75 Å². The third-order valence-corrected chi connectivity index (χ3v) is 5.10. The van der Waals surface area contributed by atoms with Gasteiger partial charge in [-0.25, -0.2) is 0 Å². The van der Waals surface area contributed by atoms with Crippen molar-refractivity contribution in [3.63, 3.8) is 0 Å². The van der Waals surface area contributed by atoms with Gasteiger partial charge in [-0.3, -0.25) is 9.69 Å². The molecule has 2 fully saturated rings. The zero-order valence-corrected chi connectivity index (χ0v) is 15.4. The maximum Gasteiger partial charge on any atom is 0.241 e. The van der Waals surface area contributed by atoms with Gasteiger partial charge < -0.3 is 19.5 Å². The molecule has 2 saturated heterocycles. The van der Waals surface area contributed by atoms with Crippen LogP contribution >= 0.6 is 11.6 Å². The first-order valence-corrected chi connectivity index (χ1v) is 9.08. The molecule has 0 radical (unpaired) electrons. The van der Waals surface area contributed by atoms with Crippen molar-refractivity contribution in [2.45, 2.75) is 32.1 Å². The average Bonchev–Trinajstić information content (AvgIpc) is 3.16. The van der Waals surface area contributed by atoms with Gasteiger partial charge in [0.15, 0.2) is 6.29 Å². The molecule has 1 amide bonds. The number of carbonyl (C=O) groups excluding carboxylic acids is 1. The number of halogens is 1. The number of amides is 1. The molecule has 2 heterocycles. The molecule has 2 aliphatic rings. The summed E-state index contributed by atoms with van der Waals surface area (Å²) in [4.78, 5) is 14.9. The van der Waals surface area contributed by atoms with Gasteiger partial charge in [-0.05, 0) is 44.5 Å². The Morgan fingerprint density at radius 1 is 1.40 bits per heavy atom. The third kappa shape index (κ3) is 4.44. The molecule has 7 heteroatoms. The smallest absolute Gasteiger partial charge is 0.241 e. The number of rotatable bonds is 5. The lowest BCUT2D eigenvalue weighted by Crippen LogP contribution is -2.49. The van der Waals surface area contributed by atoms with Gasteiger partial charge in [-0.1, -0.05) is 11.6 Å². The average molecular weight is 369 g/mol. The topological polar surface area (TPSA) is 60.0 Å². The van der Waals surface area contributed by atoms with Crippen LogP contribution in [0.1, 0.15) is 19.8 Å². The van der Waals surface area contributed by atoms with Gasteiger partial charge in [0.2, 0.25) is 5.91 Å². The molecular formula is C18H25ClN2O4. The summed E-state index contributed by atoms with van der Waals surface area (Å²) in [6, 6.07) is 4.92. The first-order chi connectivity index (χ1) is 12.1. The molecule has 0 bridgehead atoms. The van der Waals surface area contributed by atoms with Crippen LogP contribution < -0.4 is 10.1 Å². The maximum absolute atomic E-state index is 12.7. The number of nitrogens with zero attached hydrogens (tertiary/aromatic N) is 1. The van der Waals surface area contributed by atoms with Crippen LogP contribution in [0.15, 0.2) is 18.2 Å². The fraction of sp³-hybridized carbons (Fsp3) is 0.611. The Balaban J connectivity index is 1.62. The highest BCUT2D eigenvalue weighted by Crippen LogP contribution is 2.29. The minimum Gasteiger partial charge on any atom is -0.495 e. The molecule has 2 atom stereocenters. The molecule has 0 unspecified atom stereocenters. The molecule has 2 aliphatic heterocycles. The maximum atomic E-state index is 12.7. The Morgan fingerprint density at radius 2 is 2.16 bits per heavy atom. The summed E-state index contributed by atoms with van der Waals surface area (Å²) in [6.45, 7) is 4.93. The number of anilines is 1. The summed E-state index contributed by atoms with van der Waals surface area (Å²) in [5, 5.41) is 3.48. The molecule has 0 spiro atoms. The van der Waals surface area contributed by atoms with Crippen LogP contribution in [0, 0.1) is 5.92 Å². The van der Waals surface area contributed by atoms with Crippen LogP contribution in [0.2, 0.25) is 5.02 Å². The van der Waals surface area contributed by atoms with E-state index < -0.39 is 0 Å². The Bertz CT molecular complexity index is 607. The summed E-state index contributed by atoms with van der Waals surface area (Å²) in [6.07, 6.45) is 1.97. The van der Waals surface area contributed by atoms with E-state index in [2.05, 4.69) is 10.2 Å². The number of ether oxygens (including phenoxy) is 3. The van der Waals surface area contributed by atoms with Crippen LogP contribution in [-0.2, 0) is 14.3 Å². The van der Waals surface area contributed by atoms with E-state index in [4.69, 9.17) is 25.8 Å². The lowest BCUT2D eigenvalue weighted by molar-refractivity contribution is -0.126. The van der Waals surface area contributed by atoms with Crippen molar-refractivity contribution in [1.29, 1.82) is 0 Å². The molecule has 1 aromatic carbocycles. The summed E-state index contributed by atoms with van der Waals surface area (Å²) >= 11 is 6.03. The summed E-state index contributed by atoms with van der Waals surface area (Å²) in [5.74, 6) is 0.830. The van der Waals surface area contributed by atoms with Gasteiger partial charge >= 0.3 is 0 Å². The third-order valence-electron chi connectivity index (χ3n) is 4.87. The zero-order valence-electron chi connectivity index (χ0n) is 14.7. The Kier molecular flexibility index (Phi) is 6.17. The highest BCUT2D eigenvalue weighted by atomic mass is 35.5. The van der Waals surface area contributed by atoms with Crippen molar-refractivity contribution in [2.75, 3.05) is 38.7 Å². The van der Waals surface area contributed by atoms with Crippen molar-refractivity contribution >= 4 is 23.2 Å². The van der Waals surface area contributed by atoms with E-state index in [9.17, 15) is 4.79 Å². The van der Waals surface area contributed by atoms with Crippen LogP contribution in [0.4, 0.5) is 5.69 Å². The Morgan fingerprint density at radius 3 is 2.88 bits per heavy atom.